The Morgan fingerprint density at radius 3 is 2.67 bits per heavy atom. The number of hydrogen-bond donors (Lipinski definition) is 3. The van der Waals surface area contributed by atoms with Gasteiger partial charge >= 0.3 is 0 Å². The standard InChI is InChI=1S/C12H13N5O/c1-8(18)16-9-3-2-4-10(7-9)17-12-11(13)14-5-6-15-12/h2-7H,1H3,(H2,13,14)(H,15,17)(H,16,18). The molecule has 2 aromatic rings. The quantitative estimate of drug-likeness (QED) is 0.763. The Balaban J connectivity index is 2.19. The molecule has 0 aliphatic rings. The van der Waals surface area contributed by atoms with Crippen LogP contribution in [0.15, 0.2) is 36.7 Å². The Bertz CT molecular complexity index is 570. The van der Waals surface area contributed by atoms with Crippen molar-refractivity contribution in [3.63, 3.8) is 0 Å². The van der Waals surface area contributed by atoms with E-state index in [0.717, 1.165) is 5.69 Å². The van der Waals surface area contributed by atoms with Crippen molar-refractivity contribution in [1.82, 2.24) is 9.97 Å². The van der Waals surface area contributed by atoms with Crippen LogP contribution in [0, 0.1) is 0 Å². The number of anilines is 4. The van der Waals surface area contributed by atoms with Gasteiger partial charge in [-0.05, 0) is 18.2 Å². The zero-order valence-electron chi connectivity index (χ0n) is 9.84. The van der Waals surface area contributed by atoms with Crippen LogP contribution >= 0.6 is 0 Å². The number of nitrogens with one attached hydrogen (secondary N) is 2. The number of carbonyl (C=O) groups excluding carboxylic acids is 1. The summed E-state index contributed by atoms with van der Waals surface area (Å²) in [5.74, 6) is 0.686. The summed E-state index contributed by atoms with van der Waals surface area (Å²) < 4.78 is 0. The predicted octanol–water partition coefficient (Wildman–Crippen LogP) is 1.76. The summed E-state index contributed by atoms with van der Waals surface area (Å²) in [5, 5.41) is 5.74. The molecule has 0 unspecified atom stereocenters. The Hall–Kier alpha value is -2.63. The van der Waals surface area contributed by atoms with Crippen molar-refractivity contribution in [3.05, 3.63) is 36.7 Å². The molecule has 0 bridgehead atoms. The Labute approximate surface area is 104 Å². The third-order valence-corrected chi connectivity index (χ3v) is 2.17. The normalized spacial score (nSPS) is 9.83. The first-order valence-electron chi connectivity index (χ1n) is 5.36. The molecule has 2 rings (SSSR count). The van der Waals surface area contributed by atoms with Crippen LogP contribution in [0.3, 0.4) is 0 Å². The summed E-state index contributed by atoms with van der Waals surface area (Å²) in [6.07, 6.45) is 3.07. The van der Waals surface area contributed by atoms with Crippen LogP contribution in [0.2, 0.25) is 0 Å². The van der Waals surface area contributed by atoms with Crippen molar-refractivity contribution in [2.24, 2.45) is 0 Å². The fraction of sp³-hybridized carbons (Fsp3) is 0.0833. The molecule has 1 amide bonds. The van der Waals surface area contributed by atoms with Crippen LogP contribution in [0.5, 0.6) is 0 Å². The van der Waals surface area contributed by atoms with Crippen molar-refractivity contribution < 1.29 is 4.79 Å². The zero-order chi connectivity index (χ0) is 13.0. The Kier molecular flexibility index (Phi) is 3.38. The molecule has 1 heterocycles. The summed E-state index contributed by atoms with van der Waals surface area (Å²) in [7, 11) is 0. The topological polar surface area (TPSA) is 92.9 Å². The number of carbonyl (C=O) groups is 1. The maximum Gasteiger partial charge on any atom is 0.221 e. The number of aromatic nitrogens is 2. The van der Waals surface area contributed by atoms with E-state index in [2.05, 4.69) is 20.6 Å². The van der Waals surface area contributed by atoms with E-state index in [1.807, 2.05) is 12.1 Å². The molecule has 1 aromatic carbocycles. The van der Waals surface area contributed by atoms with Crippen molar-refractivity contribution in [2.75, 3.05) is 16.4 Å². The lowest BCUT2D eigenvalue weighted by atomic mass is 10.2. The molecule has 1 aromatic heterocycles. The van der Waals surface area contributed by atoms with Gasteiger partial charge in [-0.2, -0.15) is 0 Å². The lowest BCUT2D eigenvalue weighted by Gasteiger charge is -2.09. The van der Waals surface area contributed by atoms with E-state index < -0.39 is 0 Å². The highest BCUT2D eigenvalue weighted by molar-refractivity contribution is 5.89. The SMILES string of the molecule is CC(=O)Nc1cccc(Nc2nccnc2N)c1. The van der Waals surface area contributed by atoms with E-state index in [1.165, 1.54) is 13.1 Å². The van der Waals surface area contributed by atoms with Gasteiger partial charge in [-0.3, -0.25) is 4.79 Å². The van der Waals surface area contributed by atoms with E-state index >= 15 is 0 Å². The molecule has 18 heavy (non-hydrogen) atoms. The second-order valence-corrected chi connectivity index (χ2v) is 3.68. The van der Waals surface area contributed by atoms with E-state index in [9.17, 15) is 4.79 Å². The first kappa shape index (κ1) is 11.8. The lowest BCUT2D eigenvalue weighted by molar-refractivity contribution is -0.114. The van der Waals surface area contributed by atoms with Gasteiger partial charge in [0.05, 0.1) is 0 Å². The molecule has 0 spiro atoms. The van der Waals surface area contributed by atoms with E-state index in [1.54, 1.807) is 18.3 Å². The van der Waals surface area contributed by atoms with Gasteiger partial charge in [-0.25, -0.2) is 9.97 Å². The monoisotopic (exact) mass is 243 g/mol. The Morgan fingerprint density at radius 1 is 1.22 bits per heavy atom. The lowest BCUT2D eigenvalue weighted by Crippen LogP contribution is -2.06. The van der Waals surface area contributed by atoms with Gasteiger partial charge in [-0.1, -0.05) is 6.07 Å². The van der Waals surface area contributed by atoms with Gasteiger partial charge in [-0.15, -0.1) is 0 Å². The molecular formula is C12H13N5O. The zero-order valence-corrected chi connectivity index (χ0v) is 9.84. The largest absolute Gasteiger partial charge is 0.381 e. The number of amides is 1. The molecule has 0 aliphatic carbocycles. The van der Waals surface area contributed by atoms with Gasteiger partial charge in [0.15, 0.2) is 11.6 Å². The minimum absolute atomic E-state index is 0.119. The number of nitrogens with two attached hydrogens (primary N) is 1. The molecule has 92 valence electrons. The van der Waals surface area contributed by atoms with Gasteiger partial charge in [0.25, 0.3) is 0 Å². The number of nitrogens with zero attached hydrogens (tertiary/aromatic N) is 2. The summed E-state index contributed by atoms with van der Waals surface area (Å²) in [4.78, 5) is 19.0. The highest BCUT2D eigenvalue weighted by Crippen LogP contribution is 2.21. The van der Waals surface area contributed by atoms with Crippen molar-refractivity contribution in [1.29, 1.82) is 0 Å². The molecule has 0 fully saturated rings. The molecule has 0 saturated heterocycles. The first-order chi connectivity index (χ1) is 8.65. The average Bonchev–Trinajstić information content (AvgIpc) is 2.32. The van der Waals surface area contributed by atoms with Gasteiger partial charge in [0.2, 0.25) is 5.91 Å². The minimum Gasteiger partial charge on any atom is -0.381 e. The highest BCUT2D eigenvalue weighted by Gasteiger charge is 2.02. The van der Waals surface area contributed by atoms with Crippen LogP contribution < -0.4 is 16.4 Å². The van der Waals surface area contributed by atoms with Crippen LogP contribution in [-0.2, 0) is 4.79 Å². The maximum absolute atomic E-state index is 11.0. The summed E-state index contributed by atoms with van der Waals surface area (Å²) in [5.41, 5.74) is 7.16. The first-order valence-corrected chi connectivity index (χ1v) is 5.36. The molecule has 0 radical (unpaired) electrons. The van der Waals surface area contributed by atoms with Crippen molar-refractivity contribution in [3.8, 4) is 0 Å². The van der Waals surface area contributed by atoms with Crippen molar-refractivity contribution >= 4 is 28.9 Å². The van der Waals surface area contributed by atoms with Crippen LogP contribution in [0.1, 0.15) is 6.92 Å². The van der Waals surface area contributed by atoms with Gasteiger partial charge < -0.3 is 16.4 Å². The van der Waals surface area contributed by atoms with E-state index in [0.29, 0.717) is 17.3 Å². The van der Waals surface area contributed by atoms with E-state index in [-0.39, 0.29) is 5.91 Å². The van der Waals surface area contributed by atoms with Gasteiger partial charge in [0.1, 0.15) is 0 Å². The molecule has 0 atom stereocenters. The number of rotatable bonds is 3. The second-order valence-electron chi connectivity index (χ2n) is 3.68. The molecule has 0 saturated carbocycles. The van der Waals surface area contributed by atoms with Crippen LogP contribution in [-0.4, -0.2) is 15.9 Å². The fourth-order valence-corrected chi connectivity index (χ4v) is 1.46. The summed E-state index contributed by atoms with van der Waals surface area (Å²) in [6.45, 7) is 1.46. The molecule has 4 N–H and O–H groups in total. The molecule has 0 aliphatic heterocycles. The van der Waals surface area contributed by atoms with E-state index in [4.69, 9.17) is 5.73 Å². The van der Waals surface area contributed by atoms with Crippen molar-refractivity contribution in [2.45, 2.75) is 6.92 Å². The fourth-order valence-electron chi connectivity index (χ4n) is 1.46. The molecule has 6 heteroatoms. The highest BCUT2D eigenvalue weighted by atomic mass is 16.1. The third-order valence-electron chi connectivity index (χ3n) is 2.17. The van der Waals surface area contributed by atoms with Gasteiger partial charge in [0, 0.05) is 30.7 Å². The number of nitrogen functional groups attached to an aromatic ring is 1. The van der Waals surface area contributed by atoms with Crippen LogP contribution in [0.25, 0.3) is 0 Å². The van der Waals surface area contributed by atoms with Crippen LogP contribution in [0.4, 0.5) is 23.0 Å². The maximum atomic E-state index is 11.0. The Morgan fingerprint density at radius 2 is 1.94 bits per heavy atom. The smallest absolute Gasteiger partial charge is 0.221 e. The molecular weight excluding hydrogens is 230 g/mol. The number of benzene rings is 1. The summed E-state index contributed by atoms with van der Waals surface area (Å²) >= 11 is 0. The summed E-state index contributed by atoms with van der Waals surface area (Å²) in [6, 6.07) is 7.25. The second kappa shape index (κ2) is 5.13. The predicted molar refractivity (Wildman–Crippen MR) is 70.5 cm³/mol. The molecule has 6 nitrogen and oxygen atoms in total. The number of hydrogen-bond acceptors (Lipinski definition) is 5. The minimum atomic E-state index is -0.119. The third kappa shape index (κ3) is 2.94. The average molecular weight is 243 g/mol.